The van der Waals surface area contributed by atoms with Crippen LogP contribution in [0, 0.1) is 5.92 Å². The number of rotatable bonds is 5. The van der Waals surface area contributed by atoms with Gasteiger partial charge in [-0.1, -0.05) is 34.1 Å². The Kier molecular flexibility index (Phi) is 5.79. The Morgan fingerprint density at radius 3 is 2.52 bits per heavy atom. The van der Waals surface area contributed by atoms with Gasteiger partial charge in [0.25, 0.3) is 10.2 Å². The first kappa shape index (κ1) is 16.9. The van der Waals surface area contributed by atoms with Crippen molar-refractivity contribution < 1.29 is 8.42 Å². The molecule has 1 saturated heterocycles. The molecule has 1 heterocycles. The highest BCUT2D eigenvalue weighted by atomic mass is 79.9. The standard InChI is InChI=1S/C14H22BrN3O2S/c1-17(11-13-4-2-3-5-14(13)15)21(19,20)18-8-6-12(10-16)7-9-18/h2-5,12H,6-11,16H2,1H3. The van der Waals surface area contributed by atoms with Crippen LogP contribution in [0.4, 0.5) is 0 Å². The molecule has 2 N–H and O–H groups in total. The van der Waals surface area contributed by atoms with E-state index < -0.39 is 10.2 Å². The molecule has 1 fully saturated rings. The summed E-state index contributed by atoms with van der Waals surface area (Å²) in [6.07, 6.45) is 1.69. The van der Waals surface area contributed by atoms with E-state index in [2.05, 4.69) is 15.9 Å². The van der Waals surface area contributed by atoms with E-state index in [0.717, 1.165) is 22.9 Å². The predicted octanol–water partition coefficient (Wildman–Crippen LogP) is 1.80. The first-order valence-corrected chi connectivity index (χ1v) is 9.29. The number of halogens is 1. The Bertz CT molecular complexity index is 571. The molecule has 0 bridgehead atoms. The quantitative estimate of drug-likeness (QED) is 0.852. The van der Waals surface area contributed by atoms with Crippen molar-refractivity contribution in [1.29, 1.82) is 0 Å². The monoisotopic (exact) mass is 375 g/mol. The zero-order chi connectivity index (χ0) is 15.5. The van der Waals surface area contributed by atoms with E-state index in [-0.39, 0.29) is 0 Å². The summed E-state index contributed by atoms with van der Waals surface area (Å²) in [5.74, 6) is 0.449. The second-order valence-corrected chi connectivity index (χ2v) is 8.32. The van der Waals surface area contributed by atoms with Gasteiger partial charge >= 0.3 is 0 Å². The van der Waals surface area contributed by atoms with Gasteiger partial charge in [-0.15, -0.1) is 0 Å². The third-order valence-electron chi connectivity index (χ3n) is 3.98. The van der Waals surface area contributed by atoms with Gasteiger partial charge in [-0.05, 0) is 36.9 Å². The van der Waals surface area contributed by atoms with Gasteiger partial charge in [-0.2, -0.15) is 17.0 Å². The van der Waals surface area contributed by atoms with Crippen molar-refractivity contribution in [3.63, 3.8) is 0 Å². The van der Waals surface area contributed by atoms with Gasteiger partial charge in [-0.3, -0.25) is 0 Å². The van der Waals surface area contributed by atoms with E-state index in [1.165, 1.54) is 4.31 Å². The molecule has 1 aliphatic rings. The lowest BCUT2D eigenvalue weighted by molar-refractivity contribution is 0.262. The average molecular weight is 376 g/mol. The highest BCUT2D eigenvalue weighted by molar-refractivity contribution is 9.10. The largest absolute Gasteiger partial charge is 0.330 e. The van der Waals surface area contributed by atoms with Gasteiger partial charge in [-0.25, -0.2) is 0 Å². The van der Waals surface area contributed by atoms with Crippen molar-refractivity contribution in [1.82, 2.24) is 8.61 Å². The third kappa shape index (κ3) is 4.04. The van der Waals surface area contributed by atoms with Crippen molar-refractivity contribution in [2.24, 2.45) is 11.7 Å². The Labute approximate surface area is 135 Å². The van der Waals surface area contributed by atoms with Gasteiger partial charge in [0.2, 0.25) is 0 Å². The van der Waals surface area contributed by atoms with Crippen LogP contribution >= 0.6 is 15.9 Å². The van der Waals surface area contributed by atoms with Gasteiger partial charge in [0.1, 0.15) is 0 Å². The van der Waals surface area contributed by atoms with Crippen LogP contribution in [0.1, 0.15) is 18.4 Å². The molecule has 0 spiro atoms. The van der Waals surface area contributed by atoms with Crippen molar-refractivity contribution in [3.05, 3.63) is 34.3 Å². The number of benzene rings is 1. The molecular formula is C14H22BrN3O2S. The summed E-state index contributed by atoms with van der Waals surface area (Å²) < 4.78 is 29.1. The molecule has 5 nitrogen and oxygen atoms in total. The summed E-state index contributed by atoms with van der Waals surface area (Å²) >= 11 is 3.46. The van der Waals surface area contributed by atoms with Crippen molar-refractivity contribution in [2.45, 2.75) is 19.4 Å². The Hall–Kier alpha value is -0.470. The topological polar surface area (TPSA) is 66.6 Å². The highest BCUT2D eigenvalue weighted by Gasteiger charge is 2.30. The summed E-state index contributed by atoms with van der Waals surface area (Å²) in [4.78, 5) is 0. The second kappa shape index (κ2) is 7.19. The van der Waals surface area contributed by atoms with E-state index in [4.69, 9.17) is 5.73 Å². The molecule has 0 aromatic heterocycles. The van der Waals surface area contributed by atoms with Crippen LogP contribution in [0.3, 0.4) is 0 Å². The molecule has 1 aromatic carbocycles. The summed E-state index contributed by atoms with van der Waals surface area (Å²) in [5.41, 5.74) is 6.61. The molecule has 2 rings (SSSR count). The Morgan fingerprint density at radius 1 is 1.33 bits per heavy atom. The lowest BCUT2D eigenvalue weighted by Gasteiger charge is -2.33. The van der Waals surface area contributed by atoms with E-state index in [1.807, 2.05) is 24.3 Å². The fourth-order valence-electron chi connectivity index (χ4n) is 2.52. The van der Waals surface area contributed by atoms with E-state index >= 15 is 0 Å². The first-order valence-electron chi connectivity index (χ1n) is 7.10. The first-order chi connectivity index (χ1) is 9.95. The summed E-state index contributed by atoms with van der Waals surface area (Å²) in [5, 5.41) is 0. The Morgan fingerprint density at radius 2 is 1.95 bits per heavy atom. The zero-order valence-corrected chi connectivity index (χ0v) is 14.6. The van der Waals surface area contributed by atoms with Crippen LogP contribution in [0.5, 0.6) is 0 Å². The van der Waals surface area contributed by atoms with Gasteiger partial charge in [0, 0.05) is 31.2 Å². The van der Waals surface area contributed by atoms with E-state index in [0.29, 0.717) is 32.1 Å². The van der Waals surface area contributed by atoms with Crippen LogP contribution in [0.2, 0.25) is 0 Å². The minimum Gasteiger partial charge on any atom is -0.330 e. The zero-order valence-electron chi connectivity index (χ0n) is 12.2. The number of hydrogen-bond donors (Lipinski definition) is 1. The Balaban J connectivity index is 2.04. The predicted molar refractivity (Wildman–Crippen MR) is 87.9 cm³/mol. The number of nitrogens with zero attached hydrogens (tertiary/aromatic N) is 2. The number of piperidine rings is 1. The van der Waals surface area contributed by atoms with Crippen molar-refractivity contribution >= 4 is 26.1 Å². The molecule has 0 amide bonds. The van der Waals surface area contributed by atoms with E-state index in [1.54, 1.807) is 11.4 Å². The fraction of sp³-hybridized carbons (Fsp3) is 0.571. The molecule has 0 aliphatic carbocycles. The fourth-order valence-corrected chi connectivity index (χ4v) is 4.30. The maximum absolute atomic E-state index is 12.6. The molecule has 1 aromatic rings. The lowest BCUT2D eigenvalue weighted by atomic mass is 9.99. The van der Waals surface area contributed by atoms with Crippen molar-refractivity contribution in [2.75, 3.05) is 26.7 Å². The van der Waals surface area contributed by atoms with Crippen LogP contribution in [-0.2, 0) is 16.8 Å². The number of hydrogen-bond acceptors (Lipinski definition) is 3. The van der Waals surface area contributed by atoms with Gasteiger partial charge < -0.3 is 5.73 Å². The molecule has 0 radical (unpaired) electrons. The molecule has 0 unspecified atom stereocenters. The molecule has 0 atom stereocenters. The highest BCUT2D eigenvalue weighted by Crippen LogP contribution is 2.23. The van der Waals surface area contributed by atoms with Gasteiger partial charge in [0.05, 0.1) is 0 Å². The number of nitrogens with two attached hydrogens (primary N) is 1. The minimum atomic E-state index is -3.40. The summed E-state index contributed by atoms with van der Waals surface area (Å²) in [7, 11) is -1.77. The normalized spacial score (nSPS) is 18.3. The van der Waals surface area contributed by atoms with Crippen molar-refractivity contribution in [3.8, 4) is 0 Å². The van der Waals surface area contributed by atoms with Crippen LogP contribution in [0.15, 0.2) is 28.7 Å². The molecule has 7 heteroatoms. The van der Waals surface area contributed by atoms with E-state index in [9.17, 15) is 8.42 Å². The van der Waals surface area contributed by atoms with Crippen LogP contribution in [-0.4, -0.2) is 43.7 Å². The average Bonchev–Trinajstić information content (AvgIpc) is 2.49. The molecule has 118 valence electrons. The summed E-state index contributed by atoms with van der Waals surface area (Å²) in [6, 6.07) is 7.67. The summed E-state index contributed by atoms with van der Waals surface area (Å²) in [6.45, 7) is 2.12. The smallest absolute Gasteiger partial charge is 0.282 e. The van der Waals surface area contributed by atoms with Crippen LogP contribution < -0.4 is 5.73 Å². The molecular weight excluding hydrogens is 354 g/mol. The minimum absolute atomic E-state index is 0.362. The van der Waals surface area contributed by atoms with Crippen LogP contribution in [0.25, 0.3) is 0 Å². The molecule has 0 saturated carbocycles. The second-order valence-electron chi connectivity index (χ2n) is 5.43. The molecule has 1 aliphatic heterocycles. The SMILES string of the molecule is CN(Cc1ccccc1Br)S(=O)(=O)N1CCC(CN)CC1. The maximum atomic E-state index is 12.6. The lowest BCUT2D eigenvalue weighted by Crippen LogP contribution is -2.46. The molecule has 21 heavy (non-hydrogen) atoms. The maximum Gasteiger partial charge on any atom is 0.282 e. The third-order valence-corrected chi connectivity index (χ3v) is 6.69. The van der Waals surface area contributed by atoms with Gasteiger partial charge in [0.15, 0.2) is 0 Å².